The first kappa shape index (κ1) is 35.2. The van der Waals surface area contributed by atoms with E-state index in [0.717, 1.165) is 51.4 Å². The van der Waals surface area contributed by atoms with Gasteiger partial charge in [0.15, 0.2) is 11.5 Å². The molecule has 2 N–H and O–H groups in total. The van der Waals surface area contributed by atoms with E-state index in [4.69, 9.17) is 14.2 Å². The lowest BCUT2D eigenvalue weighted by Gasteiger charge is -2.22. The lowest BCUT2D eigenvalue weighted by molar-refractivity contribution is 0.222. The monoisotopic (exact) mass is 550 g/mol. The number of phenolic OH excluding ortho intramolecular Hbond substituents is 2. The number of unbranched alkanes of at least 4 members (excludes halogenated alkanes) is 16. The van der Waals surface area contributed by atoms with Gasteiger partial charge in [0.2, 0.25) is 17.2 Å². The molecular weight excluding hydrogens is 488 g/mol. The number of rotatable bonds is 27. The fraction of sp³-hybridized carbons (Fsp3) is 0.824. The van der Waals surface area contributed by atoms with Gasteiger partial charge in [0.25, 0.3) is 0 Å². The van der Waals surface area contributed by atoms with Gasteiger partial charge in [-0.3, -0.25) is 0 Å². The highest BCUT2D eigenvalue weighted by molar-refractivity contribution is 5.69. The fourth-order valence-electron chi connectivity index (χ4n) is 4.90. The highest BCUT2D eigenvalue weighted by Gasteiger charge is 2.27. The Morgan fingerprint density at radius 1 is 0.385 bits per heavy atom. The Morgan fingerprint density at radius 3 is 1.18 bits per heavy atom. The second-order valence-electron chi connectivity index (χ2n) is 11.1. The molecule has 0 bridgehead atoms. The summed E-state index contributed by atoms with van der Waals surface area (Å²) >= 11 is 0. The number of ether oxygens (including phenoxy) is 3. The van der Waals surface area contributed by atoms with Gasteiger partial charge in [0.1, 0.15) is 0 Å². The predicted molar refractivity (Wildman–Crippen MR) is 165 cm³/mol. The minimum Gasteiger partial charge on any atom is -0.504 e. The van der Waals surface area contributed by atoms with Gasteiger partial charge in [-0.05, 0) is 32.1 Å². The van der Waals surface area contributed by atoms with E-state index in [0.29, 0.717) is 43.3 Å². The first-order valence-corrected chi connectivity index (χ1v) is 16.6. The summed E-state index contributed by atoms with van der Waals surface area (Å²) in [5, 5.41) is 22.2. The Balaban J connectivity index is 3.15. The Labute approximate surface area is 241 Å². The number of hydrogen-bond acceptors (Lipinski definition) is 5. The minimum atomic E-state index is -0.205. The molecule has 39 heavy (non-hydrogen) atoms. The zero-order valence-electron chi connectivity index (χ0n) is 26.1. The van der Waals surface area contributed by atoms with E-state index >= 15 is 0 Å². The molecule has 0 saturated carbocycles. The number of phenols is 2. The minimum absolute atomic E-state index is 0.109. The summed E-state index contributed by atoms with van der Waals surface area (Å²) in [5.74, 6) is 0.982. The molecule has 0 radical (unpaired) electrons. The highest BCUT2D eigenvalue weighted by atomic mass is 16.5. The van der Waals surface area contributed by atoms with Crippen LogP contribution in [0.25, 0.3) is 0 Å². The van der Waals surface area contributed by atoms with Crippen LogP contribution in [-0.2, 0) is 6.42 Å². The predicted octanol–water partition coefficient (Wildman–Crippen LogP) is 10.7. The van der Waals surface area contributed by atoms with Crippen molar-refractivity contribution in [3.05, 3.63) is 5.56 Å². The SMILES string of the molecule is CCCCCCCOc1c(O)c(O)c(CCCCCCC)c(OCCCCCCC)c1OCCCCCCC. The molecule has 1 aromatic rings. The summed E-state index contributed by atoms with van der Waals surface area (Å²) in [6, 6.07) is 0. The van der Waals surface area contributed by atoms with Gasteiger partial charge in [-0.2, -0.15) is 0 Å². The van der Waals surface area contributed by atoms with E-state index < -0.39 is 0 Å². The largest absolute Gasteiger partial charge is 0.504 e. The van der Waals surface area contributed by atoms with E-state index in [-0.39, 0.29) is 17.2 Å². The maximum atomic E-state index is 11.1. The molecule has 0 saturated heterocycles. The molecule has 5 heteroatoms. The van der Waals surface area contributed by atoms with Crippen molar-refractivity contribution in [3.8, 4) is 28.7 Å². The molecule has 1 aromatic carbocycles. The van der Waals surface area contributed by atoms with Crippen LogP contribution in [0.5, 0.6) is 28.7 Å². The van der Waals surface area contributed by atoms with E-state index in [1.807, 2.05) is 0 Å². The van der Waals surface area contributed by atoms with Crippen molar-refractivity contribution in [2.75, 3.05) is 19.8 Å². The summed E-state index contributed by atoms with van der Waals surface area (Å²) in [6.07, 6.45) is 23.3. The molecule has 0 aliphatic heterocycles. The van der Waals surface area contributed by atoms with Crippen LogP contribution < -0.4 is 14.2 Å². The quantitative estimate of drug-likeness (QED) is 0.0842. The summed E-state index contributed by atoms with van der Waals surface area (Å²) in [7, 11) is 0. The van der Waals surface area contributed by atoms with Crippen molar-refractivity contribution in [1.82, 2.24) is 0 Å². The van der Waals surface area contributed by atoms with Gasteiger partial charge >= 0.3 is 0 Å². The molecule has 0 amide bonds. The average molecular weight is 551 g/mol. The summed E-state index contributed by atoms with van der Waals surface area (Å²) in [5.41, 5.74) is 0.661. The van der Waals surface area contributed by atoms with Crippen LogP contribution in [0.1, 0.15) is 162 Å². The third kappa shape index (κ3) is 15.0. The average Bonchev–Trinajstić information content (AvgIpc) is 2.94. The molecule has 5 nitrogen and oxygen atoms in total. The van der Waals surface area contributed by atoms with Crippen LogP contribution in [0.2, 0.25) is 0 Å². The maximum Gasteiger partial charge on any atom is 0.211 e. The van der Waals surface area contributed by atoms with E-state index in [1.54, 1.807) is 0 Å². The van der Waals surface area contributed by atoms with Crippen molar-refractivity contribution < 1.29 is 24.4 Å². The van der Waals surface area contributed by atoms with E-state index in [9.17, 15) is 10.2 Å². The second kappa shape index (κ2) is 24.1. The van der Waals surface area contributed by atoms with Crippen LogP contribution >= 0.6 is 0 Å². The van der Waals surface area contributed by atoms with Crippen molar-refractivity contribution in [3.63, 3.8) is 0 Å². The zero-order valence-corrected chi connectivity index (χ0v) is 26.1. The van der Waals surface area contributed by atoms with Gasteiger partial charge in [0.05, 0.1) is 19.8 Å². The summed E-state index contributed by atoms with van der Waals surface area (Å²) < 4.78 is 18.8. The molecule has 0 spiro atoms. The lowest BCUT2D eigenvalue weighted by atomic mass is 10.0. The standard InChI is InChI=1S/C34H62O5/c1-5-9-13-17-21-25-29-30(35)31(36)33(38-27-23-19-15-11-7-3)34(39-28-24-20-16-12-8-4)32(29)37-26-22-18-14-10-6-2/h35-36H,5-28H2,1-4H3. The van der Waals surface area contributed by atoms with Crippen molar-refractivity contribution in [1.29, 1.82) is 0 Å². The Morgan fingerprint density at radius 2 is 0.744 bits per heavy atom. The third-order valence-electron chi connectivity index (χ3n) is 7.42. The molecule has 0 atom stereocenters. The number of hydrogen-bond donors (Lipinski definition) is 2. The number of benzene rings is 1. The van der Waals surface area contributed by atoms with E-state index in [2.05, 4.69) is 27.7 Å². The molecule has 0 unspecified atom stereocenters. The van der Waals surface area contributed by atoms with Gasteiger partial charge in [-0.1, -0.05) is 130 Å². The second-order valence-corrected chi connectivity index (χ2v) is 11.1. The third-order valence-corrected chi connectivity index (χ3v) is 7.42. The first-order chi connectivity index (χ1) is 19.1. The summed E-state index contributed by atoms with van der Waals surface area (Å²) in [6.45, 7) is 10.5. The normalized spacial score (nSPS) is 11.2. The Kier molecular flexibility index (Phi) is 21.7. The molecule has 228 valence electrons. The maximum absolute atomic E-state index is 11.1. The molecule has 0 heterocycles. The fourth-order valence-corrected chi connectivity index (χ4v) is 4.90. The molecule has 0 aliphatic rings. The molecular formula is C34H62O5. The van der Waals surface area contributed by atoms with Crippen LogP contribution in [0, 0.1) is 0 Å². The Bertz CT molecular complexity index is 718. The van der Waals surface area contributed by atoms with Crippen molar-refractivity contribution >= 4 is 0 Å². The number of aromatic hydroxyl groups is 2. The highest BCUT2D eigenvalue weighted by Crippen LogP contribution is 2.53. The first-order valence-electron chi connectivity index (χ1n) is 16.6. The van der Waals surface area contributed by atoms with Gasteiger partial charge in [0, 0.05) is 5.56 Å². The topological polar surface area (TPSA) is 68.2 Å². The van der Waals surface area contributed by atoms with Crippen LogP contribution in [0.15, 0.2) is 0 Å². The lowest BCUT2D eigenvalue weighted by Crippen LogP contribution is -2.09. The molecule has 0 fully saturated rings. The van der Waals surface area contributed by atoms with Crippen LogP contribution in [0.3, 0.4) is 0 Å². The molecule has 0 aromatic heterocycles. The van der Waals surface area contributed by atoms with E-state index in [1.165, 1.54) is 77.0 Å². The van der Waals surface area contributed by atoms with Gasteiger partial charge in [-0.25, -0.2) is 0 Å². The smallest absolute Gasteiger partial charge is 0.211 e. The summed E-state index contributed by atoms with van der Waals surface area (Å²) in [4.78, 5) is 0. The van der Waals surface area contributed by atoms with Crippen molar-refractivity contribution in [2.24, 2.45) is 0 Å². The van der Waals surface area contributed by atoms with Crippen molar-refractivity contribution in [2.45, 2.75) is 163 Å². The van der Waals surface area contributed by atoms with Crippen LogP contribution in [-0.4, -0.2) is 30.0 Å². The molecule has 1 rings (SSSR count). The zero-order chi connectivity index (χ0) is 28.6. The van der Waals surface area contributed by atoms with Gasteiger partial charge in [-0.15, -0.1) is 0 Å². The molecule has 0 aliphatic carbocycles. The Hall–Kier alpha value is -1.78. The van der Waals surface area contributed by atoms with Gasteiger partial charge < -0.3 is 24.4 Å². The van der Waals surface area contributed by atoms with Crippen LogP contribution in [0.4, 0.5) is 0 Å².